The molecule has 0 radical (unpaired) electrons. The first-order chi connectivity index (χ1) is 12.8. The third-order valence-electron chi connectivity index (χ3n) is 6.11. The first kappa shape index (κ1) is 20.2. The third-order valence-corrected chi connectivity index (χ3v) is 6.11. The van der Waals surface area contributed by atoms with Crippen molar-refractivity contribution < 1.29 is 0 Å². The normalized spacial score (nSPS) is 21.7. The smallest absolute Gasteiger partial charge is 0.275 e. The van der Waals surface area contributed by atoms with Crippen LogP contribution >= 0.6 is 12.4 Å². The van der Waals surface area contributed by atoms with Crippen LogP contribution in [0.4, 0.5) is 5.82 Å². The van der Waals surface area contributed by atoms with Gasteiger partial charge in [-0.15, -0.1) is 12.4 Å². The van der Waals surface area contributed by atoms with Crippen LogP contribution in [0.25, 0.3) is 10.8 Å². The molecule has 1 aliphatic carbocycles. The molecule has 2 aliphatic rings. The molecule has 1 aliphatic heterocycles. The predicted molar refractivity (Wildman–Crippen MR) is 114 cm³/mol. The van der Waals surface area contributed by atoms with Gasteiger partial charge < -0.3 is 10.2 Å². The van der Waals surface area contributed by atoms with E-state index < -0.39 is 0 Å². The SMILES string of the molecule is CN[C@H]1CCCCN(c2nn(C3CCCCC3)c(=O)c3ccccc23)C1.Cl. The summed E-state index contributed by atoms with van der Waals surface area (Å²) in [6.07, 6.45) is 9.44. The molecule has 0 spiro atoms. The Morgan fingerprint density at radius 3 is 2.44 bits per heavy atom. The second-order valence-corrected chi connectivity index (χ2v) is 7.84. The van der Waals surface area contributed by atoms with Gasteiger partial charge in [0.25, 0.3) is 5.56 Å². The highest BCUT2D eigenvalue weighted by molar-refractivity contribution is 5.91. The molecule has 2 fully saturated rings. The average molecular weight is 391 g/mol. The fraction of sp³-hybridized carbons (Fsp3) is 0.619. The summed E-state index contributed by atoms with van der Waals surface area (Å²) < 4.78 is 1.82. The number of rotatable bonds is 3. The van der Waals surface area contributed by atoms with Crippen molar-refractivity contribution in [3.63, 3.8) is 0 Å². The number of benzene rings is 1. The van der Waals surface area contributed by atoms with E-state index in [1.807, 2.05) is 29.9 Å². The largest absolute Gasteiger partial charge is 0.353 e. The number of fused-ring (bicyclic) bond motifs is 1. The van der Waals surface area contributed by atoms with Crippen molar-refractivity contribution in [1.82, 2.24) is 15.1 Å². The van der Waals surface area contributed by atoms with Gasteiger partial charge >= 0.3 is 0 Å². The second-order valence-electron chi connectivity index (χ2n) is 7.84. The van der Waals surface area contributed by atoms with Crippen LogP contribution in [0.15, 0.2) is 29.1 Å². The van der Waals surface area contributed by atoms with Crippen LogP contribution in [0, 0.1) is 0 Å². The zero-order valence-electron chi connectivity index (χ0n) is 16.2. The highest BCUT2D eigenvalue weighted by Gasteiger charge is 2.24. The maximum Gasteiger partial charge on any atom is 0.275 e. The van der Waals surface area contributed by atoms with Gasteiger partial charge in [-0.1, -0.05) is 43.9 Å². The topological polar surface area (TPSA) is 50.2 Å². The highest BCUT2D eigenvalue weighted by atomic mass is 35.5. The molecule has 0 unspecified atom stereocenters. The second kappa shape index (κ2) is 9.07. The lowest BCUT2D eigenvalue weighted by Gasteiger charge is -2.29. The Morgan fingerprint density at radius 1 is 1.00 bits per heavy atom. The summed E-state index contributed by atoms with van der Waals surface area (Å²) in [7, 11) is 2.04. The number of halogens is 1. The molecule has 1 N–H and O–H groups in total. The predicted octanol–water partition coefficient (Wildman–Crippen LogP) is 3.90. The fourth-order valence-electron chi connectivity index (χ4n) is 4.57. The lowest BCUT2D eigenvalue weighted by atomic mass is 9.95. The minimum absolute atomic E-state index is 0. The van der Waals surface area contributed by atoms with E-state index >= 15 is 0 Å². The van der Waals surface area contributed by atoms with E-state index in [0.717, 1.165) is 42.5 Å². The molecule has 1 aromatic carbocycles. The zero-order chi connectivity index (χ0) is 17.9. The van der Waals surface area contributed by atoms with E-state index in [-0.39, 0.29) is 24.0 Å². The average Bonchev–Trinajstić information content (AvgIpc) is 2.95. The van der Waals surface area contributed by atoms with Crippen molar-refractivity contribution in [3.8, 4) is 0 Å². The van der Waals surface area contributed by atoms with Crippen LogP contribution in [0.5, 0.6) is 0 Å². The quantitative estimate of drug-likeness (QED) is 0.863. The van der Waals surface area contributed by atoms with Gasteiger partial charge in [0.1, 0.15) is 0 Å². The molecule has 2 aromatic rings. The van der Waals surface area contributed by atoms with Crippen molar-refractivity contribution in [3.05, 3.63) is 34.6 Å². The van der Waals surface area contributed by atoms with Crippen molar-refractivity contribution in [2.45, 2.75) is 63.5 Å². The molecule has 27 heavy (non-hydrogen) atoms. The minimum atomic E-state index is 0. The molecular formula is C21H31ClN4O. The molecule has 4 rings (SSSR count). The van der Waals surface area contributed by atoms with Crippen LogP contribution in [0.3, 0.4) is 0 Å². The number of aromatic nitrogens is 2. The molecule has 1 aromatic heterocycles. The van der Waals surface area contributed by atoms with Crippen molar-refractivity contribution in [1.29, 1.82) is 0 Å². The third kappa shape index (κ3) is 4.14. The van der Waals surface area contributed by atoms with Crippen molar-refractivity contribution in [2.75, 3.05) is 25.0 Å². The van der Waals surface area contributed by atoms with E-state index in [1.165, 1.54) is 38.5 Å². The Balaban J connectivity index is 0.00000210. The first-order valence-corrected chi connectivity index (χ1v) is 10.2. The summed E-state index contributed by atoms with van der Waals surface area (Å²) in [4.78, 5) is 15.5. The Hall–Kier alpha value is -1.59. The number of nitrogens with one attached hydrogen (secondary N) is 1. The van der Waals surface area contributed by atoms with Crippen LogP contribution < -0.4 is 15.8 Å². The molecule has 1 atom stereocenters. The summed E-state index contributed by atoms with van der Waals surface area (Å²) in [6.45, 7) is 1.97. The number of nitrogens with zero attached hydrogens (tertiary/aromatic N) is 3. The Labute approximate surface area is 167 Å². The van der Waals surface area contributed by atoms with Gasteiger partial charge in [0, 0.05) is 24.5 Å². The number of anilines is 1. The lowest BCUT2D eigenvalue weighted by molar-refractivity contribution is 0.320. The molecular weight excluding hydrogens is 360 g/mol. The molecule has 2 heterocycles. The fourth-order valence-corrected chi connectivity index (χ4v) is 4.57. The van der Waals surface area contributed by atoms with Crippen molar-refractivity contribution >= 4 is 29.0 Å². The van der Waals surface area contributed by atoms with Gasteiger partial charge in [0.05, 0.1) is 11.4 Å². The lowest BCUT2D eigenvalue weighted by Crippen LogP contribution is -2.40. The van der Waals surface area contributed by atoms with Gasteiger partial charge in [-0.3, -0.25) is 4.79 Å². The van der Waals surface area contributed by atoms with E-state index in [1.54, 1.807) is 0 Å². The van der Waals surface area contributed by atoms with Gasteiger partial charge in [-0.05, 0) is 38.8 Å². The van der Waals surface area contributed by atoms with E-state index in [4.69, 9.17) is 5.10 Å². The van der Waals surface area contributed by atoms with Gasteiger partial charge in [0.2, 0.25) is 0 Å². The maximum absolute atomic E-state index is 13.1. The zero-order valence-corrected chi connectivity index (χ0v) is 17.0. The Kier molecular flexibility index (Phi) is 6.77. The molecule has 5 nitrogen and oxygen atoms in total. The monoisotopic (exact) mass is 390 g/mol. The summed E-state index contributed by atoms with van der Waals surface area (Å²) in [5.41, 5.74) is 0.0799. The number of hydrogen-bond acceptors (Lipinski definition) is 4. The van der Waals surface area contributed by atoms with Gasteiger partial charge in [-0.25, -0.2) is 4.68 Å². The number of hydrogen-bond donors (Lipinski definition) is 1. The first-order valence-electron chi connectivity index (χ1n) is 10.2. The molecule has 0 bridgehead atoms. The standard InChI is InChI=1S/C21H30N4O.ClH/c1-22-16-9-7-8-14-24(15-16)20-18-12-5-6-13-19(18)21(26)25(23-20)17-10-3-2-4-11-17;/h5-6,12-13,16-17,22H,2-4,7-11,14-15H2,1H3;1H/t16-;/m0./s1. The van der Waals surface area contributed by atoms with Crippen molar-refractivity contribution in [2.24, 2.45) is 0 Å². The number of likely N-dealkylation sites (N-methyl/N-ethyl adjacent to an activating group) is 1. The Bertz CT molecular complexity index is 815. The molecule has 1 saturated carbocycles. The highest BCUT2D eigenvalue weighted by Crippen LogP contribution is 2.30. The summed E-state index contributed by atoms with van der Waals surface area (Å²) in [6, 6.07) is 8.75. The minimum Gasteiger partial charge on any atom is -0.353 e. The molecule has 6 heteroatoms. The summed E-state index contributed by atoms with van der Waals surface area (Å²) in [5.74, 6) is 0.993. The summed E-state index contributed by atoms with van der Waals surface area (Å²) >= 11 is 0. The van der Waals surface area contributed by atoms with Crippen LogP contribution in [0.2, 0.25) is 0 Å². The van der Waals surface area contributed by atoms with Gasteiger partial charge in [0.15, 0.2) is 5.82 Å². The van der Waals surface area contributed by atoms with E-state index in [0.29, 0.717) is 6.04 Å². The molecule has 1 saturated heterocycles. The van der Waals surface area contributed by atoms with Gasteiger partial charge in [-0.2, -0.15) is 5.10 Å². The van der Waals surface area contributed by atoms with Crippen LogP contribution in [0.1, 0.15) is 57.4 Å². The Morgan fingerprint density at radius 2 is 1.70 bits per heavy atom. The van der Waals surface area contributed by atoms with Crippen LogP contribution in [-0.2, 0) is 0 Å². The maximum atomic E-state index is 13.1. The molecule has 148 valence electrons. The van der Waals surface area contributed by atoms with E-state index in [9.17, 15) is 4.79 Å². The molecule has 0 amide bonds. The van der Waals surface area contributed by atoms with Crippen LogP contribution in [-0.4, -0.2) is 36.0 Å². The summed E-state index contributed by atoms with van der Waals surface area (Å²) in [5, 5.41) is 10.2. The van der Waals surface area contributed by atoms with E-state index in [2.05, 4.69) is 16.3 Å².